The quantitative estimate of drug-likeness (QED) is 0.169. The van der Waals surface area contributed by atoms with Gasteiger partial charge < -0.3 is 33.2 Å². The van der Waals surface area contributed by atoms with Gasteiger partial charge in [0.15, 0.2) is 36.6 Å². The molecule has 14 nitrogen and oxygen atoms in total. The van der Waals surface area contributed by atoms with Crippen LogP contribution in [0.5, 0.6) is 0 Å². The van der Waals surface area contributed by atoms with Gasteiger partial charge in [-0.15, -0.1) is 0 Å². The van der Waals surface area contributed by atoms with Crippen molar-refractivity contribution in [2.45, 2.75) is 85.1 Å². The third-order valence-corrected chi connectivity index (χ3v) is 4.17. The average Bonchev–Trinajstić information content (AvgIpc) is 2.73. The number of rotatable bonds is 14. The molecular formula is C23H32O14. The molecule has 0 rings (SSSR count). The summed E-state index contributed by atoms with van der Waals surface area (Å²) in [5, 5.41) is 0. The minimum Gasteiger partial charge on any atom is -0.462 e. The van der Waals surface area contributed by atoms with Crippen molar-refractivity contribution in [2.24, 2.45) is 0 Å². The summed E-state index contributed by atoms with van der Waals surface area (Å²) in [6.07, 6.45) is -9.16. The largest absolute Gasteiger partial charge is 0.462 e. The highest BCUT2D eigenvalue weighted by Gasteiger charge is 2.50. The van der Waals surface area contributed by atoms with Gasteiger partial charge in [0.2, 0.25) is 0 Å². The van der Waals surface area contributed by atoms with Crippen molar-refractivity contribution in [1.82, 2.24) is 0 Å². The monoisotopic (exact) mass is 532 g/mol. The number of carbonyl (C=O) groups excluding carboxylic acids is 7. The molecule has 0 aliphatic carbocycles. The third kappa shape index (κ3) is 13.1. The molecule has 208 valence electrons. The zero-order chi connectivity index (χ0) is 28.9. The Labute approximate surface area is 213 Å². The molecule has 14 heteroatoms. The summed E-state index contributed by atoms with van der Waals surface area (Å²) >= 11 is 0. The van der Waals surface area contributed by atoms with E-state index in [1.807, 2.05) is 0 Å². The van der Waals surface area contributed by atoms with Crippen LogP contribution in [-0.4, -0.2) is 85.0 Å². The molecule has 0 aliphatic heterocycles. The van der Waals surface area contributed by atoms with Gasteiger partial charge in [-0.2, -0.15) is 0 Å². The summed E-state index contributed by atoms with van der Waals surface area (Å²) in [5.41, 5.74) is 0. The second-order valence-corrected chi connectivity index (χ2v) is 7.56. The van der Waals surface area contributed by atoms with Crippen LogP contribution in [0.3, 0.4) is 0 Å². The Morgan fingerprint density at radius 3 is 1.22 bits per heavy atom. The first-order valence-corrected chi connectivity index (χ1v) is 10.9. The van der Waals surface area contributed by atoms with Crippen LogP contribution in [0.4, 0.5) is 0 Å². The summed E-state index contributed by atoms with van der Waals surface area (Å²) in [5.74, 6) is -6.39. The van der Waals surface area contributed by atoms with Gasteiger partial charge in [-0.25, -0.2) is 0 Å². The zero-order valence-electron chi connectivity index (χ0n) is 21.7. The Bertz CT molecular complexity index is 879. The molecule has 37 heavy (non-hydrogen) atoms. The average molecular weight is 532 g/mol. The summed E-state index contributed by atoms with van der Waals surface area (Å²) in [6.45, 7) is 9.86. The Morgan fingerprint density at radius 2 is 0.865 bits per heavy atom. The Balaban J connectivity index is 7.08. The van der Waals surface area contributed by atoms with Gasteiger partial charge in [-0.1, -0.05) is 6.58 Å². The first-order valence-electron chi connectivity index (χ1n) is 10.9. The molecule has 0 saturated heterocycles. The van der Waals surface area contributed by atoms with E-state index in [1.54, 1.807) is 0 Å². The van der Waals surface area contributed by atoms with Crippen LogP contribution in [0.25, 0.3) is 0 Å². The van der Waals surface area contributed by atoms with Crippen LogP contribution in [0.15, 0.2) is 12.7 Å². The van der Waals surface area contributed by atoms with Crippen LogP contribution in [-0.2, 0) is 66.7 Å². The van der Waals surface area contributed by atoms with Gasteiger partial charge in [0, 0.05) is 48.5 Å². The Hall–Kier alpha value is -3.97. The first kappa shape index (κ1) is 33.0. The molecule has 0 bridgehead atoms. The molecule has 0 heterocycles. The molecule has 0 aromatic rings. The summed E-state index contributed by atoms with van der Waals surface area (Å²) in [6, 6.07) is 0. The van der Waals surface area contributed by atoms with Crippen LogP contribution in [0.1, 0.15) is 48.5 Å². The highest BCUT2D eigenvalue weighted by molar-refractivity contribution is 5.70. The molecule has 6 atom stereocenters. The standard InChI is InChI=1S/C23H32O14/c1-9-18(32-12(3)25)20(34-14(5)27)22(36-16(7)29)23(37-17(8)30)21(35-15(6)28)19(33-13(4)26)10-31-11(2)24/h9,18-23H,1,10H2,2-8H3/t18-,19+,20-,21+,22+,23-/m0/s1. The highest BCUT2D eigenvalue weighted by Crippen LogP contribution is 2.26. The molecule has 0 fully saturated rings. The van der Waals surface area contributed by atoms with Crippen molar-refractivity contribution in [3.05, 3.63) is 12.7 Å². The molecule has 0 saturated carbocycles. The van der Waals surface area contributed by atoms with Crippen molar-refractivity contribution < 1.29 is 66.7 Å². The maximum Gasteiger partial charge on any atom is 0.303 e. The lowest BCUT2D eigenvalue weighted by molar-refractivity contribution is -0.219. The molecule has 0 aromatic heterocycles. The molecule has 0 unspecified atom stereocenters. The predicted molar refractivity (Wildman–Crippen MR) is 120 cm³/mol. The van der Waals surface area contributed by atoms with Crippen molar-refractivity contribution >= 4 is 41.8 Å². The normalized spacial score (nSPS) is 15.2. The van der Waals surface area contributed by atoms with E-state index in [0.717, 1.165) is 54.5 Å². The van der Waals surface area contributed by atoms with E-state index in [4.69, 9.17) is 33.2 Å². The lowest BCUT2D eigenvalue weighted by atomic mass is 9.95. The fourth-order valence-electron chi connectivity index (χ4n) is 3.13. The summed E-state index contributed by atoms with van der Waals surface area (Å²) in [4.78, 5) is 83.0. The fraction of sp³-hybridized carbons (Fsp3) is 0.609. The predicted octanol–water partition coefficient (Wildman–Crippen LogP) is 0.326. The number of hydrogen-bond donors (Lipinski definition) is 0. The highest BCUT2D eigenvalue weighted by atomic mass is 16.7. The molecule has 0 N–H and O–H groups in total. The Morgan fingerprint density at radius 1 is 0.514 bits per heavy atom. The van der Waals surface area contributed by atoms with E-state index < -0.39 is 85.0 Å². The van der Waals surface area contributed by atoms with E-state index in [9.17, 15) is 33.6 Å². The zero-order valence-corrected chi connectivity index (χ0v) is 21.7. The SMILES string of the molecule is C=C[C@H](OC(C)=O)[C@H](OC(C)=O)[C@@H](OC(C)=O)[C@@H](OC(C)=O)[C@H](OC(C)=O)[C@@H](COC(C)=O)OC(C)=O. The van der Waals surface area contributed by atoms with Crippen LogP contribution in [0, 0.1) is 0 Å². The number of carbonyl (C=O) groups is 7. The van der Waals surface area contributed by atoms with Gasteiger partial charge in [0.25, 0.3) is 0 Å². The van der Waals surface area contributed by atoms with Gasteiger partial charge >= 0.3 is 41.8 Å². The molecule has 0 radical (unpaired) electrons. The minimum atomic E-state index is -1.85. The van der Waals surface area contributed by atoms with E-state index in [-0.39, 0.29) is 0 Å². The van der Waals surface area contributed by atoms with Crippen LogP contribution >= 0.6 is 0 Å². The number of hydrogen-bond acceptors (Lipinski definition) is 14. The number of esters is 7. The maximum atomic E-state index is 12.1. The smallest absolute Gasteiger partial charge is 0.303 e. The molecular weight excluding hydrogens is 500 g/mol. The molecule has 0 aliphatic rings. The maximum absolute atomic E-state index is 12.1. The number of ether oxygens (including phenoxy) is 7. The van der Waals surface area contributed by atoms with E-state index in [2.05, 4.69) is 6.58 Å². The van der Waals surface area contributed by atoms with Gasteiger partial charge in [-0.3, -0.25) is 33.6 Å². The molecule has 0 amide bonds. The van der Waals surface area contributed by atoms with Gasteiger partial charge in [-0.05, 0) is 6.08 Å². The molecule has 0 aromatic carbocycles. The van der Waals surface area contributed by atoms with Crippen molar-refractivity contribution in [1.29, 1.82) is 0 Å². The van der Waals surface area contributed by atoms with Crippen LogP contribution in [0.2, 0.25) is 0 Å². The van der Waals surface area contributed by atoms with Gasteiger partial charge in [0.05, 0.1) is 0 Å². The van der Waals surface area contributed by atoms with E-state index in [0.29, 0.717) is 0 Å². The lowest BCUT2D eigenvalue weighted by Crippen LogP contribution is -2.59. The fourth-order valence-corrected chi connectivity index (χ4v) is 3.13. The Kier molecular flexibility index (Phi) is 14.2. The van der Waals surface area contributed by atoms with Crippen molar-refractivity contribution in [2.75, 3.05) is 6.61 Å². The third-order valence-electron chi connectivity index (χ3n) is 4.17. The van der Waals surface area contributed by atoms with Gasteiger partial charge in [0.1, 0.15) is 6.61 Å². The van der Waals surface area contributed by atoms with Crippen LogP contribution < -0.4 is 0 Å². The molecule has 0 spiro atoms. The van der Waals surface area contributed by atoms with Crippen molar-refractivity contribution in [3.63, 3.8) is 0 Å². The second-order valence-electron chi connectivity index (χ2n) is 7.56. The second kappa shape index (κ2) is 15.9. The minimum absolute atomic E-state index is 0.676. The first-order chi connectivity index (χ1) is 17.1. The van der Waals surface area contributed by atoms with E-state index >= 15 is 0 Å². The van der Waals surface area contributed by atoms with Crippen molar-refractivity contribution in [3.8, 4) is 0 Å². The van der Waals surface area contributed by atoms with E-state index in [1.165, 1.54) is 0 Å². The summed E-state index contributed by atoms with van der Waals surface area (Å²) < 4.78 is 36.3. The topological polar surface area (TPSA) is 184 Å². The summed E-state index contributed by atoms with van der Waals surface area (Å²) in [7, 11) is 0. The lowest BCUT2D eigenvalue weighted by Gasteiger charge is -2.39.